The van der Waals surface area contributed by atoms with Gasteiger partial charge in [0, 0.05) is 51.6 Å². The van der Waals surface area contributed by atoms with Crippen LogP contribution in [-0.2, 0) is 12.8 Å². The van der Waals surface area contributed by atoms with Crippen molar-refractivity contribution in [3.8, 4) is 28.7 Å². The highest BCUT2D eigenvalue weighted by Crippen LogP contribution is 2.39. The number of hydrogen-bond acceptors (Lipinski definition) is 3. The Balaban J connectivity index is 1.22. The molecule has 0 radical (unpaired) electrons. The van der Waals surface area contributed by atoms with Crippen molar-refractivity contribution in [2.24, 2.45) is 0 Å². The van der Waals surface area contributed by atoms with Gasteiger partial charge in [0.15, 0.2) is 0 Å². The van der Waals surface area contributed by atoms with Gasteiger partial charge in [0.2, 0.25) is 0 Å². The fourth-order valence-corrected chi connectivity index (χ4v) is 7.95. The van der Waals surface area contributed by atoms with E-state index in [1.807, 2.05) is 17.8 Å². The summed E-state index contributed by atoms with van der Waals surface area (Å²) >= 11 is 0. The van der Waals surface area contributed by atoms with Crippen LogP contribution in [-0.4, -0.2) is 23.9 Å². The number of benzene rings is 5. The molecule has 0 saturated heterocycles. The molecule has 5 aromatic carbocycles. The number of nitrogens with zero attached hydrogens (tertiary/aromatic N) is 5. The van der Waals surface area contributed by atoms with E-state index < -0.39 is 0 Å². The van der Waals surface area contributed by atoms with Crippen LogP contribution in [0.25, 0.3) is 60.8 Å². The summed E-state index contributed by atoms with van der Waals surface area (Å²) in [4.78, 5) is 5.02. The SMILES string of the molecule is CCc1cccc2c3cccc(CC)c3n(-c3ccnc(-n4c5ccccc5c5ccc(Oc6cc(C)cc(-n7nc(C)cc7C)c6)cc54)c3)c12. The predicted octanol–water partition coefficient (Wildman–Crippen LogP) is 11.3. The number of ether oxygens (including phenoxy) is 1. The minimum Gasteiger partial charge on any atom is -0.457 e. The van der Waals surface area contributed by atoms with Gasteiger partial charge in [-0.25, -0.2) is 9.67 Å². The molecular formula is C45H39N5O. The Bertz CT molecular complexity index is 2740. The van der Waals surface area contributed by atoms with E-state index in [0.717, 1.165) is 74.9 Å². The van der Waals surface area contributed by atoms with E-state index in [2.05, 4.69) is 152 Å². The van der Waals surface area contributed by atoms with Gasteiger partial charge in [0.1, 0.15) is 17.3 Å². The van der Waals surface area contributed by atoms with E-state index in [-0.39, 0.29) is 0 Å². The predicted molar refractivity (Wildman–Crippen MR) is 210 cm³/mol. The van der Waals surface area contributed by atoms with Gasteiger partial charge in [-0.05, 0) is 92.8 Å². The molecule has 0 fully saturated rings. The maximum atomic E-state index is 6.61. The molecule has 6 nitrogen and oxygen atoms in total. The molecule has 0 aliphatic carbocycles. The summed E-state index contributed by atoms with van der Waals surface area (Å²) in [6.07, 6.45) is 3.85. The quantitative estimate of drug-likeness (QED) is 0.170. The third kappa shape index (κ3) is 5.01. The first-order chi connectivity index (χ1) is 24.9. The van der Waals surface area contributed by atoms with E-state index in [1.165, 1.54) is 38.3 Å². The van der Waals surface area contributed by atoms with Gasteiger partial charge in [0.25, 0.3) is 0 Å². The third-order valence-corrected chi connectivity index (χ3v) is 10.1. The van der Waals surface area contributed by atoms with Gasteiger partial charge in [-0.3, -0.25) is 4.57 Å². The third-order valence-electron chi connectivity index (χ3n) is 10.1. The number of aromatic nitrogens is 5. The van der Waals surface area contributed by atoms with E-state index >= 15 is 0 Å². The molecule has 0 aliphatic rings. The molecule has 0 N–H and O–H groups in total. The lowest BCUT2D eigenvalue weighted by Crippen LogP contribution is -2.03. The van der Waals surface area contributed by atoms with Gasteiger partial charge >= 0.3 is 0 Å². The zero-order chi connectivity index (χ0) is 34.8. The minimum absolute atomic E-state index is 0.759. The molecule has 9 aromatic rings. The van der Waals surface area contributed by atoms with Gasteiger partial charge in [-0.2, -0.15) is 5.10 Å². The van der Waals surface area contributed by atoms with E-state index in [9.17, 15) is 0 Å². The summed E-state index contributed by atoms with van der Waals surface area (Å²) in [6, 6.07) is 41.1. The average molecular weight is 666 g/mol. The molecule has 0 amide bonds. The van der Waals surface area contributed by atoms with Gasteiger partial charge < -0.3 is 9.30 Å². The molecule has 0 bridgehead atoms. The number of aryl methyl sites for hydroxylation is 5. The Morgan fingerprint density at radius 1 is 0.569 bits per heavy atom. The summed E-state index contributed by atoms with van der Waals surface area (Å²) in [5.74, 6) is 2.39. The number of fused-ring (bicyclic) bond motifs is 6. The van der Waals surface area contributed by atoms with Crippen LogP contribution in [0.15, 0.2) is 121 Å². The Morgan fingerprint density at radius 3 is 1.98 bits per heavy atom. The maximum absolute atomic E-state index is 6.61. The first kappa shape index (κ1) is 30.9. The van der Waals surface area contributed by atoms with Gasteiger partial charge in [-0.1, -0.05) is 68.4 Å². The highest BCUT2D eigenvalue weighted by Gasteiger charge is 2.19. The van der Waals surface area contributed by atoms with E-state index in [0.29, 0.717) is 0 Å². The normalized spacial score (nSPS) is 11.8. The van der Waals surface area contributed by atoms with Crippen LogP contribution in [0.4, 0.5) is 0 Å². The van der Waals surface area contributed by atoms with E-state index in [1.54, 1.807) is 0 Å². The summed E-state index contributed by atoms with van der Waals surface area (Å²) in [7, 11) is 0. The molecule has 0 aliphatic heterocycles. The monoisotopic (exact) mass is 665 g/mol. The lowest BCUT2D eigenvalue weighted by Gasteiger charge is -2.15. The molecule has 4 heterocycles. The van der Waals surface area contributed by atoms with E-state index in [4.69, 9.17) is 14.8 Å². The van der Waals surface area contributed by atoms with Crippen molar-refractivity contribution in [3.05, 3.63) is 150 Å². The van der Waals surface area contributed by atoms with Crippen LogP contribution in [0.2, 0.25) is 0 Å². The second kappa shape index (κ2) is 12.0. The van der Waals surface area contributed by atoms with Crippen molar-refractivity contribution >= 4 is 43.6 Å². The standard InChI is InChI=1S/C45H39N5O/c1-6-31-12-10-15-39-40-16-11-13-32(7-2)45(40)48(44(31)39)33-20-21-46-43(26-33)49-41-17-9-8-14-37(41)38-19-18-35(27-42(38)49)51-36-23-28(3)22-34(25-36)50-30(5)24-29(4)47-50/h8-27H,6-7H2,1-5H3. The van der Waals surface area contributed by atoms with Crippen molar-refractivity contribution in [2.45, 2.75) is 47.5 Å². The lowest BCUT2D eigenvalue weighted by molar-refractivity contribution is 0.482. The molecule has 51 heavy (non-hydrogen) atoms. The van der Waals surface area contributed by atoms with Crippen LogP contribution >= 0.6 is 0 Å². The largest absolute Gasteiger partial charge is 0.457 e. The summed E-state index contributed by atoms with van der Waals surface area (Å²) in [5, 5.41) is 9.60. The zero-order valence-corrected chi connectivity index (χ0v) is 29.6. The molecule has 6 heteroatoms. The first-order valence-corrected chi connectivity index (χ1v) is 17.8. The summed E-state index contributed by atoms with van der Waals surface area (Å²) < 4.78 is 13.3. The smallest absolute Gasteiger partial charge is 0.139 e. The molecule has 0 saturated carbocycles. The zero-order valence-electron chi connectivity index (χ0n) is 29.6. The molecule has 4 aromatic heterocycles. The Morgan fingerprint density at radius 2 is 1.27 bits per heavy atom. The number of rotatable bonds is 7. The van der Waals surface area contributed by atoms with Crippen molar-refractivity contribution < 1.29 is 4.74 Å². The fraction of sp³-hybridized carbons (Fsp3) is 0.156. The van der Waals surface area contributed by atoms with Crippen LogP contribution < -0.4 is 4.74 Å². The topological polar surface area (TPSA) is 49.8 Å². The van der Waals surface area contributed by atoms with Gasteiger partial charge in [-0.15, -0.1) is 0 Å². The molecule has 0 atom stereocenters. The van der Waals surface area contributed by atoms with Crippen molar-refractivity contribution in [1.82, 2.24) is 23.9 Å². The molecular weight excluding hydrogens is 627 g/mol. The van der Waals surface area contributed by atoms with Crippen LogP contribution in [0.5, 0.6) is 11.5 Å². The Kier molecular flexibility index (Phi) is 7.28. The van der Waals surface area contributed by atoms with Crippen molar-refractivity contribution in [1.29, 1.82) is 0 Å². The first-order valence-electron chi connectivity index (χ1n) is 17.8. The molecule has 0 spiro atoms. The van der Waals surface area contributed by atoms with Crippen molar-refractivity contribution in [3.63, 3.8) is 0 Å². The molecule has 0 unspecified atom stereocenters. The highest BCUT2D eigenvalue weighted by atomic mass is 16.5. The lowest BCUT2D eigenvalue weighted by atomic mass is 10.1. The maximum Gasteiger partial charge on any atom is 0.139 e. The van der Waals surface area contributed by atoms with Crippen molar-refractivity contribution in [2.75, 3.05) is 0 Å². The van der Waals surface area contributed by atoms with Crippen LogP contribution in [0.3, 0.4) is 0 Å². The fourth-order valence-electron chi connectivity index (χ4n) is 7.95. The highest BCUT2D eigenvalue weighted by molar-refractivity contribution is 6.12. The minimum atomic E-state index is 0.759. The molecule has 9 rings (SSSR count). The summed E-state index contributed by atoms with van der Waals surface area (Å²) in [5.41, 5.74) is 12.6. The number of pyridine rings is 1. The molecule has 250 valence electrons. The Hall–Kier alpha value is -6.14. The number of para-hydroxylation sites is 3. The van der Waals surface area contributed by atoms with Gasteiger partial charge in [0.05, 0.1) is 39.1 Å². The summed E-state index contributed by atoms with van der Waals surface area (Å²) in [6.45, 7) is 10.7. The second-order valence-electron chi connectivity index (χ2n) is 13.5. The van der Waals surface area contributed by atoms with Crippen LogP contribution in [0, 0.1) is 20.8 Å². The second-order valence-corrected chi connectivity index (χ2v) is 13.5. The Labute approximate surface area is 297 Å². The average Bonchev–Trinajstić information content (AvgIpc) is 3.79. The number of hydrogen-bond donors (Lipinski definition) is 0. The van der Waals surface area contributed by atoms with Crippen LogP contribution in [0.1, 0.15) is 41.9 Å².